The highest BCUT2D eigenvalue weighted by molar-refractivity contribution is 5.99. The molecule has 1 fully saturated rings. The monoisotopic (exact) mass is 452 g/mol. The lowest BCUT2D eigenvalue weighted by molar-refractivity contribution is -0.144. The van der Waals surface area contributed by atoms with Crippen LogP contribution >= 0.6 is 0 Å². The predicted molar refractivity (Wildman–Crippen MR) is 109 cm³/mol. The van der Waals surface area contributed by atoms with Gasteiger partial charge in [-0.05, 0) is 43.9 Å². The van der Waals surface area contributed by atoms with Gasteiger partial charge in [-0.3, -0.25) is 29.1 Å². The molecular weight excluding hydrogens is 429 g/mol. The summed E-state index contributed by atoms with van der Waals surface area (Å²) in [5.74, 6) is -1.21. The van der Waals surface area contributed by atoms with Crippen LogP contribution in [-0.2, 0) is 20.8 Å². The van der Waals surface area contributed by atoms with Crippen LogP contribution in [0.25, 0.3) is 10.9 Å². The lowest BCUT2D eigenvalue weighted by Gasteiger charge is -2.24. The molecule has 2 N–H and O–H groups in total. The van der Waals surface area contributed by atoms with Crippen molar-refractivity contribution in [2.75, 3.05) is 6.54 Å². The van der Waals surface area contributed by atoms with Gasteiger partial charge in [0.2, 0.25) is 17.7 Å². The number of nitrogens with one attached hydrogen (secondary N) is 2. The summed E-state index contributed by atoms with van der Waals surface area (Å²) in [6.07, 6.45) is -4.82. The average Bonchev–Trinajstić information content (AvgIpc) is 2.71. The maximum absolute atomic E-state index is 13.1. The molecule has 1 aromatic heterocycles. The molecule has 0 spiro atoms. The summed E-state index contributed by atoms with van der Waals surface area (Å²) in [7, 11) is 0. The Morgan fingerprint density at radius 3 is 2.72 bits per heavy atom. The van der Waals surface area contributed by atoms with Crippen molar-refractivity contribution in [1.29, 1.82) is 0 Å². The molecule has 0 saturated carbocycles. The third kappa shape index (κ3) is 5.71. The van der Waals surface area contributed by atoms with E-state index in [0.29, 0.717) is 29.6 Å². The highest BCUT2D eigenvalue weighted by Crippen LogP contribution is 2.22. The van der Waals surface area contributed by atoms with E-state index in [0.717, 1.165) is 5.56 Å². The van der Waals surface area contributed by atoms with E-state index in [-0.39, 0.29) is 30.9 Å². The molecule has 1 saturated heterocycles. The summed E-state index contributed by atoms with van der Waals surface area (Å²) in [6, 6.07) is 4.33. The Balaban J connectivity index is 1.69. The number of rotatable bonds is 7. The molecule has 3 amide bonds. The third-order valence-corrected chi connectivity index (χ3v) is 5.26. The van der Waals surface area contributed by atoms with Crippen LogP contribution in [0.2, 0.25) is 0 Å². The van der Waals surface area contributed by atoms with Gasteiger partial charge in [-0.2, -0.15) is 13.2 Å². The zero-order valence-electron chi connectivity index (χ0n) is 17.4. The summed E-state index contributed by atoms with van der Waals surface area (Å²) in [6.45, 7) is 1.83. The molecule has 0 bridgehead atoms. The first kappa shape index (κ1) is 23.4. The fourth-order valence-corrected chi connectivity index (χ4v) is 3.67. The summed E-state index contributed by atoms with van der Waals surface area (Å²) in [4.78, 5) is 52.6. The number of alkyl halides is 3. The lowest BCUT2D eigenvalue weighted by Crippen LogP contribution is -2.45. The van der Waals surface area contributed by atoms with Crippen molar-refractivity contribution in [1.82, 2.24) is 20.2 Å². The number of hydrogen-bond donors (Lipinski definition) is 2. The number of hydrogen-bond acceptors (Lipinski definition) is 5. The minimum atomic E-state index is -4.37. The molecule has 0 aliphatic carbocycles. The van der Waals surface area contributed by atoms with Gasteiger partial charge in [0.1, 0.15) is 11.9 Å². The number of imide groups is 1. The number of aryl methyl sites for hydroxylation is 2. The van der Waals surface area contributed by atoms with E-state index in [1.165, 1.54) is 4.57 Å². The molecule has 1 unspecified atom stereocenters. The maximum atomic E-state index is 13.1. The lowest BCUT2D eigenvalue weighted by atomic mass is 10.0. The topological polar surface area (TPSA) is 110 Å². The van der Waals surface area contributed by atoms with E-state index in [2.05, 4.69) is 15.6 Å². The molecule has 2 heterocycles. The van der Waals surface area contributed by atoms with Gasteiger partial charge >= 0.3 is 6.18 Å². The average molecular weight is 452 g/mol. The molecular formula is C21H23F3N4O4. The van der Waals surface area contributed by atoms with Gasteiger partial charge in [0.05, 0.1) is 17.3 Å². The van der Waals surface area contributed by atoms with Crippen LogP contribution in [-0.4, -0.2) is 40.0 Å². The van der Waals surface area contributed by atoms with Crippen molar-refractivity contribution in [3.05, 3.63) is 39.9 Å². The molecule has 8 nitrogen and oxygen atoms in total. The molecule has 3 rings (SSSR count). The SMILES string of the molecule is Cc1nc2ccc(CCCNC(=O)CCC(F)(F)F)cc2c(=O)n1C1CCC(=O)NC1=O. The van der Waals surface area contributed by atoms with Gasteiger partial charge in [0.15, 0.2) is 0 Å². The van der Waals surface area contributed by atoms with Crippen LogP contribution in [0.5, 0.6) is 0 Å². The van der Waals surface area contributed by atoms with E-state index >= 15 is 0 Å². The van der Waals surface area contributed by atoms with Crippen LogP contribution in [0, 0.1) is 6.92 Å². The molecule has 11 heteroatoms. The van der Waals surface area contributed by atoms with Crippen LogP contribution in [0.1, 0.15) is 49.5 Å². The second-order valence-electron chi connectivity index (χ2n) is 7.72. The second-order valence-corrected chi connectivity index (χ2v) is 7.72. The number of carbonyl (C=O) groups excluding carboxylic acids is 3. The highest BCUT2D eigenvalue weighted by Gasteiger charge is 2.30. The van der Waals surface area contributed by atoms with E-state index in [1.54, 1.807) is 25.1 Å². The molecule has 1 aliphatic heterocycles. The van der Waals surface area contributed by atoms with Crippen molar-refractivity contribution in [3.63, 3.8) is 0 Å². The Bertz CT molecular complexity index is 1110. The van der Waals surface area contributed by atoms with Crippen molar-refractivity contribution >= 4 is 28.6 Å². The Kier molecular flexibility index (Phi) is 6.95. The summed E-state index contributed by atoms with van der Waals surface area (Å²) < 4.78 is 37.7. The first-order chi connectivity index (χ1) is 15.0. The van der Waals surface area contributed by atoms with Gasteiger partial charge in [-0.25, -0.2) is 4.98 Å². The van der Waals surface area contributed by atoms with Gasteiger partial charge in [0.25, 0.3) is 5.56 Å². The predicted octanol–water partition coefficient (Wildman–Crippen LogP) is 2.07. The van der Waals surface area contributed by atoms with Crippen molar-refractivity contribution in [3.8, 4) is 0 Å². The zero-order chi connectivity index (χ0) is 23.5. The first-order valence-corrected chi connectivity index (χ1v) is 10.2. The fourth-order valence-electron chi connectivity index (χ4n) is 3.67. The van der Waals surface area contributed by atoms with Gasteiger partial charge in [-0.1, -0.05) is 6.07 Å². The zero-order valence-corrected chi connectivity index (χ0v) is 17.4. The molecule has 32 heavy (non-hydrogen) atoms. The number of aromatic nitrogens is 2. The smallest absolute Gasteiger partial charge is 0.356 e. The van der Waals surface area contributed by atoms with E-state index in [1.807, 2.05) is 0 Å². The largest absolute Gasteiger partial charge is 0.389 e. The van der Waals surface area contributed by atoms with E-state index in [9.17, 15) is 32.3 Å². The van der Waals surface area contributed by atoms with Crippen LogP contribution < -0.4 is 16.2 Å². The fraction of sp³-hybridized carbons (Fsp3) is 0.476. The second kappa shape index (κ2) is 9.49. The number of benzene rings is 1. The Labute approximate surface area is 181 Å². The summed E-state index contributed by atoms with van der Waals surface area (Å²) >= 11 is 0. The molecule has 0 radical (unpaired) electrons. The summed E-state index contributed by atoms with van der Waals surface area (Å²) in [5.41, 5.74) is 0.879. The maximum Gasteiger partial charge on any atom is 0.389 e. The van der Waals surface area contributed by atoms with Crippen molar-refractivity contribution in [2.45, 2.75) is 57.7 Å². The minimum absolute atomic E-state index is 0.134. The first-order valence-electron chi connectivity index (χ1n) is 10.2. The third-order valence-electron chi connectivity index (χ3n) is 5.26. The number of carbonyl (C=O) groups is 3. The van der Waals surface area contributed by atoms with Crippen LogP contribution in [0.3, 0.4) is 0 Å². The molecule has 1 atom stereocenters. The summed E-state index contributed by atoms with van der Waals surface area (Å²) in [5, 5.41) is 5.02. The van der Waals surface area contributed by atoms with E-state index in [4.69, 9.17) is 0 Å². The van der Waals surface area contributed by atoms with Crippen molar-refractivity contribution < 1.29 is 27.6 Å². The van der Waals surface area contributed by atoms with Crippen LogP contribution in [0.4, 0.5) is 13.2 Å². The number of fused-ring (bicyclic) bond motifs is 1. The number of halogens is 3. The number of piperidine rings is 1. The Morgan fingerprint density at radius 2 is 2.03 bits per heavy atom. The van der Waals surface area contributed by atoms with E-state index < -0.39 is 36.9 Å². The normalized spacial score (nSPS) is 16.8. The van der Waals surface area contributed by atoms with Gasteiger partial charge < -0.3 is 5.32 Å². The standard InChI is InChI=1S/C21H23F3N4O4/c1-12-26-15-5-4-13(3-2-10-25-17(29)8-9-21(22,23)24)11-14(15)20(32)28(12)16-6-7-18(30)27-19(16)31/h4-5,11,16H,2-3,6-10H2,1H3,(H,25,29)(H,27,30,31). The minimum Gasteiger partial charge on any atom is -0.356 e. The van der Waals surface area contributed by atoms with Gasteiger partial charge in [-0.15, -0.1) is 0 Å². The number of amides is 3. The number of nitrogens with zero attached hydrogens (tertiary/aromatic N) is 2. The molecule has 2 aromatic rings. The molecule has 172 valence electrons. The Hall–Kier alpha value is -3.24. The van der Waals surface area contributed by atoms with Crippen molar-refractivity contribution in [2.24, 2.45) is 0 Å². The van der Waals surface area contributed by atoms with Crippen LogP contribution in [0.15, 0.2) is 23.0 Å². The highest BCUT2D eigenvalue weighted by atomic mass is 19.4. The van der Waals surface area contributed by atoms with Gasteiger partial charge in [0, 0.05) is 19.4 Å². The Morgan fingerprint density at radius 1 is 1.28 bits per heavy atom. The quantitative estimate of drug-likeness (QED) is 0.494. The molecule has 1 aromatic carbocycles. The molecule has 1 aliphatic rings.